The Morgan fingerprint density at radius 1 is 1.03 bits per heavy atom. The van der Waals surface area contributed by atoms with Crippen LogP contribution in [0.4, 0.5) is 15.9 Å². The maximum Gasteiger partial charge on any atom is 0.337 e. The van der Waals surface area contributed by atoms with E-state index in [9.17, 15) is 14.3 Å². The lowest BCUT2D eigenvalue weighted by Crippen LogP contribution is -2.07. The number of carboxylic acids is 1. The molecule has 1 heterocycles. The van der Waals surface area contributed by atoms with Gasteiger partial charge in [0.2, 0.25) is 0 Å². The molecule has 0 atom stereocenters. The number of ether oxygens (including phenoxy) is 1. The van der Waals surface area contributed by atoms with Gasteiger partial charge in [0.05, 0.1) is 29.7 Å². The quantitative estimate of drug-likeness (QED) is 0.407. The van der Waals surface area contributed by atoms with Crippen LogP contribution < -0.4 is 10.1 Å². The summed E-state index contributed by atoms with van der Waals surface area (Å²) < 4.78 is 20.5. The van der Waals surface area contributed by atoms with E-state index in [0.29, 0.717) is 22.9 Å². The Kier molecular flexibility index (Phi) is 5.64. The van der Waals surface area contributed by atoms with E-state index in [2.05, 4.69) is 5.32 Å². The number of aryl methyl sites for hydroxylation is 2. The van der Waals surface area contributed by atoms with Gasteiger partial charge in [-0.05, 0) is 67.4 Å². The van der Waals surface area contributed by atoms with Crippen LogP contribution in [0.5, 0.6) is 5.75 Å². The highest BCUT2D eigenvalue weighted by Gasteiger charge is 2.18. The van der Waals surface area contributed by atoms with Crippen molar-refractivity contribution >= 4 is 17.5 Å². The molecule has 3 aromatic carbocycles. The lowest BCUT2D eigenvalue weighted by Gasteiger charge is -2.14. The second-order valence-corrected chi connectivity index (χ2v) is 7.41. The molecule has 2 N–H and O–H groups in total. The number of aromatic nitrogens is 2. The lowest BCUT2D eigenvalue weighted by atomic mass is 10.1. The first kappa shape index (κ1) is 21.1. The minimum absolute atomic E-state index is 0.0707. The van der Waals surface area contributed by atoms with Crippen LogP contribution in [0.25, 0.3) is 16.9 Å². The monoisotopic (exact) mass is 431 g/mol. The molecule has 4 aromatic rings. The second-order valence-electron chi connectivity index (χ2n) is 7.41. The van der Waals surface area contributed by atoms with E-state index in [4.69, 9.17) is 9.84 Å². The van der Waals surface area contributed by atoms with E-state index >= 15 is 0 Å². The van der Waals surface area contributed by atoms with Gasteiger partial charge in [-0.25, -0.2) is 13.9 Å². The van der Waals surface area contributed by atoms with Crippen LogP contribution in [-0.4, -0.2) is 28.0 Å². The fourth-order valence-corrected chi connectivity index (χ4v) is 3.58. The topological polar surface area (TPSA) is 76.4 Å². The van der Waals surface area contributed by atoms with E-state index < -0.39 is 5.97 Å². The first-order valence-electron chi connectivity index (χ1n) is 9.98. The summed E-state index contributed by atoms with van der Waals surface area (Å²) in [6.45, 7) is 3.80. The van der Waals surface area contributed by atoms with E-state index in [0.717, 1.165) is 22.4 Å². The number of halogens is 1. The number of anilines is 2. The number of carbonyl (C=O) groups is 1. The number of nitrogens with zero attached hydrogens (tertiary/aromatic N) is 2. The highest BCUT2D eigenvalue weighted by Crippen LogP contribution is 2.32. The molecule has 162 valence electrons. The van der Waals surface area contributed by atoms with Crippen LogP contribution in [0.3, 0.4) is 0 Å². The van der Waals surface area contributed by atoms with E-state index in [-0.39, 0.29) is 11.4 Å². The number of benzene rings is 3. The SMILES string of the molecule is COc1ccc(Nc2cc(-c3ccc(F)cc3C)nn2-c2ccccc2C)c(C(=O)O)c1. The standard InChI is InChI=1S/C25H22FN3O3/c1-15-6-4-5-7-23(15)29-24(14-22(28-29)19-10-8-17(26)12-16(19)2)27-21-11-9-18(32-3)13-20(21)25(30)31/h4-14,27H,1-3H3,(H,30,31). The summed E-state index contributed by atoms with van der Waals surface area (Å²) in [4.78, 5) is 11.8. The zero-order valence-corrected chi connectivity index (χ0v) is 17.9. The zero-order valence-electron chi connectivity index (χ0n) is 17.9. The molecule has 0 spiro atoms. The Balaban J connectivity index is 1.87. The Morgan fingerprint density at radius 3 is 2.50 bits per heavy atom. The number of methoxy groups -OCH3 is 1. The minimum atomic E-state index is -1.08. The van der Waals surface area contributed by atoms with Crippen molar-refractivity contribution in [1.29, 1.82) is 0 Å². The van der Waals surface area contributed by atoms with Gasteiger partial charge in [-0.15, -0.1) is 0 Å². The summed E-state index contributed by atoms with van der Waals surface area (Å²) in [6.07, 6.45) is 0. The smallest absolute Gasteiger partial charge is 0.337 e. The van der Waals surface area contributed by atoms with E-state index in [1.807, 2.05) is 44.2 Å². The number of aromatic carboxylic acids is 1. The highest BCUT2D eigenvalue weighted by molar-refractivity contribution is 5.95. The van der Waals surface area contributed by atoms with Gasteiger partial charge in [-0.3, -0.25) is 0 Å². The van der Waals surface area contributed by atoms with Crippen molar-refractivity contribution in [1.82, 2.24) is 9.78 Å². The third-order valence-corrected chi connectivity index (χ3v) is 5.24. The van der Waals surface area contributed by atoms with Gasteiger partial charge in [-0.2, -0.15) is 5.10 Å². The number of nitrogens with one attached hydrogen (secondary N) is 1. The normalized spacial score (nSPS) is 10.8. The maximum absolute atomic E-state index is 13.6. The predicted molar refractivity (Wildman–Crippen MR) is 122 cm³/mol. The molecule has 0 saturated heterocycles. The Bertz CT molecular complexity index is 1310. The van der Waals surface area contributed by atoms with Crippen molar-refractivity contribution in [3.05, 3.63) is 89.2 Å². The van der Waals surface area contributed by atoms with Crippen molar-refractivity contribution in [2.75, 3.05) is 12.4 Å². The molecule has 0 aliphatic carbocycles. The second kappa shape index (κ2) is 8.55. The number of rotatable bonds is 6. The molecular formula is C25H22FN3O3. The Labute approximate surface area is 184 Å². The van der Waals surface area contributed by atoms with Gasteiger partial charge in [0.1, 0.15) is 17.4 Å². The van der Waals surface area contributed by atoms with Crippen molar-refractivity contribution < 1.29 is 19.0 Å². The molecule has 0 fully saturated rings. The molecule has 7 heteroatoms. The molecule has 0 amide bonds. The van der Waals surface area contributed by atoms with Gasteiger partial charge >= 0.3 is 5.97 Å². The third kappa shape index (κ3) is 4.05. The summed E-state index contributed by atoms with van der Waals surface area (Å²) >= 11 is 0. The molecule has 0 radical (unpaired) electrons. The number of carboxylic acid groups (broad SMARTS) is 1. The zero-order chi connectivity index (χ0) is 22.8. The average Bonchev–Trinajstić information content (AvgIpc) is 3.17. The Morgan fingerprint density at radius 2 is 1.81 bits per heavy atom. The highest BCUT2D eigenvalue weighted by atomic mass is 19.1. The summed E-state index contributed by atoms with van der Waals surface area (Å²) in [5.41, 5.74) is 4.48. The van der Waals surface area contributed by atoms with Crippen molar-refractivity contribution in [2.24, 2.45) is 0 Å². The van der Waals surface area contributed by atoms with Crippen LogP contribution in [-0.2, 0) is 0 Å². The van der Waals surface area contributed by atoms with Gasteiger partial charge < -0.3 is 15.2 Å². The lowest BCUT2D eigenvalue weighted by molar-refractivity contribution is 0.0697. The van der Waals surface area contributed by atoms with Crippen LogP contribution >= 0.6 is 0 Å². The molecule has 0 aliphatic heterocycles. The largest absolute Gasteiger partial charge is 0.497 e. The molecular weight excluding hydrogens is 409 g/mol. The van der Waals surface area contributed by atoms with Crippen LogP contribution in [0.15, 0.2) is 66.7 Å². The van der Waals surface area contributed by atoms with Gasteiger partial charge in [0.25, 0.3) is 0 Å². The minimum Gasteiger partial charge on any atom is -0.497 e. The summed E-state index contributed by atoms with van der Waals surface area (Å²) in [5.74, 6) is -0.371. The first-order valence-corrected chi connectivity index (χ1v) is 9.98. The number of hydrogen-bond donors (Lipinski definition) is 2. The Hall–Kier alpha value is -4.13. The van der Waals surface area contributed by atoms with Gasteiger partial charge in [0.15, 0.2) is 0 Å². The summed E-state index contributed by atoms with van der Waals surface area (Å²) in [6, 6.07) is 18.9. The van der Waals surface area contributed by atoms with E-state index in [1.54, 1.807) is 22.9 Å². The summed E-state index contributed by atoms with van der Waals surface area (Å²) in [7, 11) is 1.48. The van der Waals surface area contributed by atoms with E-state index in [1.165, 1.54) is 25.3 Å². The molecule has 0 bridgehead atoms. The predicted octanol–water partition coefficient (Wildman–Crippen LogP) is 5.75. The van der Waals surface area contributed by atoms with Crippen LogP contribution in [0.1, 0.15) is 21.5 Å². The maximum atomic E-state index is 13.6. The molecule has 4 rings (SSSR count). The number of hydrogen-bond acceptors (Lipinski definition) is 4. The fraction of sp³-hybridized carbons (Fsp3) is 0.120. The van der Waals surface area contributed by atoms with Gasteiger partial charge in [0, 0.05) is 11.6 Å². The molecule has 0 unspecified atom stereocenters. The van der Waals surface area contributed by atoms with Crippen molar-refractivity contribution in [2.45, 2.75) is 13.8 Å². The summed E-state index contributed by atoms with van der Waals surface area (Å²) in [5, 5.41) is 17.7. The third-order valence-electron chi connectivity index (χ3n) is 5.24. The van der Waals surface area contributed by atoms with Gasteiger partial charge in [-0.1, -0.05) is 18.2 Å². The number of para-hydroxylation sites is 1. The molecule has 1 aromatic heterocycles. The molecule has 0 saturated carbocycles. The first-order chi connectivity index (χ1) is 15.4. The molecule has 0 aliphatic rings. The molecule has 6 nitrogen and oxygen atoms in total. The van der Waals surface area contributed by atoms with Crippen molar-refractivity contribution in [3.8, 4) is 22.7 Å². The fourth-order valence-electron chi connectivity index (χ4n) is 3.58. The van der Waals surface area contributed by atoms with Crippen LogP contribution in [0, 0.1) is 19.7 Å². The van der Waals surface area contributed by atoms with Crippen molar-refractivity contribution in [3.63, 3.8) is 0 Å². The average molecular weight is 431 g/mol. The van der Waals surface area contributed by atoms with Crippen LogP contribution in [0.2, 0.25) is 0 Å². The molecule has 32 heavy (non-hydrogen) atoms.